The van der Waals surface area contributed by atoms with Gasteiger partial charge < -0.3 is 9.84 Å². The number of likely N-dealkylation sites (tertiary alicyclic amines) is 1. The van der Waals surface area contributed by atoms with E-state index >= 15 is 0 Å². The Morgan fingerprint density at radius 2 is 2.00 bits per heavy atom. The molecule has 7 nitrogen and oxygen atoms in total. The summed E-state index contributed by atoms with van der Waals surface area (Å²) in [6.45, 7) is 3.09. The van der Waals surface area contributed by atoms with Crippen molar-refractivity contribution in [3.05, 3.63) is 46.3 Å². The smallest absolute Gasteiger partial charge is 0.308 e. The lowest BCUT2D eigenvalue weighted by Gasteiger charge is -2.36. The summed E-state index contributed by atoms with van der Waals surface area (Å²) in [5.41, 5.74) is 0.870. The van der Waals surface area contributed by atoms with Crippen LogP contribution in [0, 0.1) is 18.7 Å². The molecule has 0 amide bonds. The maximum absolute atomic E-state index is 13.5. The second-order valence-corrected chi connectivity index (χ2v) is 7.94. The standard InChI is InChI=1S/C19H21FN4O3S/c1-11-21-19-24(22-11)17(25)16(28-19)15(12-3-5-14(20)6-4-12)23-9-7-13(8-10-23)18(26)27-2/h3-6,13,15,25H,7-10H2,1-2H3/t15-/m0/s1. The molecule has 1 N–H and O–H groups in total. The third kappa shape index (κ3) is 3.35. The summed E-state index contributed by atoms with van der Waals surface area (Å²) in [7, 11) is 1.41. The van der Waals surface area contributed by atoms with Crippen LogP contribution < -0.4 is 0 Å². The minimum absolute atomic E-state index is 0.0463. The molecule has 148 valence electrons. The van der Waals surface area contributed by atoms with Crippen molar-refractivity contribution in [2.75, 3.05) is 20.2 Å². The first-order valence-electron chi connectivity index (χ1n) is 9.10. The Kier molecular flexibility index (Phi) is 5.03. The van der Waals surface area contributed by atoms with Gasteiger partial charge in [-0.2, -0.15) is 4.52 Å². The second-order valence-electron chi connectivity index (χ2n) is 6.93. The predicted molar refractivity (Wildman–Crippen MR) is 102 cm³/mol. The van der Waals surface area contributed by atoms with Gasteiger partial charge in [-0.1, -0.05) is 23.5 Å². The number of carbonyl (C=O) groups is 1. The third-order valence-corrected chi connectivity index (χ3v) is 6.24. The van der Waals surface area contributed by atoms with Crippen molar-refractivity contribution in [2.24, 2.45) is 5.92 Å². The first-order chi connectivity index (χ1) is 13.5. The van der Waals surface area contributed by atoms with Gasteiger partial charge >= 0.3 is 5.97 Å². The molecule has 0 bridgehead atoms. The van der Waals surface area contributed by atoms with Crippen molar-refractivity contribution >= 4 is 22.3 Å². The Bertz CT molecular complexity index is 993. The van der Waals surface area contributed by atoms with E-state index in [-0.39, 0.29) is 29.6 Å². The lowest BCUT2D eigenvalue weighted by Crippen LogP contribution is -2.39. The van der Waals surface area contributed by atoms with E-state index < -0.39 is 0 Å². The molecule has 1 saturated heterocycles. The van der Waals surface area contributed by atoms with Crippen LogP contribution in [0.1, 0.15) is 35.1 Å². The number of benzene rings is 1. The Morgan fingerprint density at radius 1 is 1.32 bits per heavy atom. The van der Waals surface area contributed by atoms with Gasteiger partial charge in [0, 0.05) is 0 Å². The number of hydrogen-bond donors (Lipinski definition) is 1. The summed E-state index contributed by atoms with van der Waals surface area (Å²) in [5.74, 6) is 0.0218. The van der Waals surface area contributed by atoms with Crippen LogP contribution in [0.25, 0.3) is 4.96 Å². The normalized spacial score (nSPS) is 17.1. The highest BCUT2D eigenvalue weighted by atomic mass is 32.1. The molecule has 0 spiro atoms. The van der Waals surface area contributed by atoms with E-state index in [0.29, 0.717) is 41.6 Å². The Morgan fingerprint density at radius 3 is 2.61 bits per heavy atom. The van der Waals surface area contributed by atoms with Crippen LogP contribution in [0.3, 0.4) is 0 Å². The summed E-state index contributed by atoms with van der Waals surface area (Å²) in [6, 6.07) is 6.02. The number of rotatable bonds is 4. The molecule has 0 aliphatic carbocycles. The Hall–Kier alpha value is -2.52. The maximum Gasteiger partial charge on any atom is 0.308 e. The van der Waals surface area contributed by atoms with Crippen LogP contribution in [-0.2, 0) is 9.53 Å². The number of ether oxygens (including phenoxy) is 1. The molecule has 9 heteroatoms. The fourth-order valence-electron chi connectivity index (χ4n) is 3.76. The van der Waals surface area contributed by atoms with Crippen LogP contribution in [0.4, 0.5) is 4.39 Å². The molecule has 3 heterocycles. The zero-order valence-electron chi connectivity index (χ0n) is 15.6. The molecule has 3 aromatic rings. The topological polar surface area (TPSA) is 80.0 Å². The quantitative estimate of drug-likeness (QED) is 0.674. The van der Waals surface area contributed by atoms with Gasteiger partial charge in [0.1, 0.15) is 11.6 Å². The highest BCUT2D eigenvalue weighted by Gasteiger charge is 2.34. The maximum atomic E-state index is 13.5. The van der Waals surface area contributed by atoms with Gasteiger partial charge in [-0.25, -0.2) is 9.37 Å². The molecular weight excluding hydrogens is 383 g/mol. The fraction of sp³-hybridized carbons (Fsp3) is 0.421. The lowest BCUT2D eigenvalue weighted by atomic mass is 9.93. The highest BCUT2D eigenvalue weighted by molar-refractivity contribution is 7.17. The Balaban J connectivity index is 1.70. The average molecular weight is 404 g/mol. The third-order valence-electron chi connectivity index (χ3n) is 5.17. The number of methoxy groups -OCH3 is 1. The van der Waals surface area contributed by atoms with Gasteiger partial charge in [-0.3, -0.25) is 9.69 Å². The van der Waals surface area contributed by atoms with E-state index in [4.69, 9.17) is 4.74 Å². The van der Waals surface area contributed by atoms with Crippen LogP contribution in [0.2, 0.25) is 0 Å². The van der Waals surface area contributed by atoms with Gasteiger partial charge in [0.2, 0.25) is 10.8 Å². The number of piperidine rings is 1. The summed E-state index contributed by atoms with van der Waals surface area (Å²) >= 11 is 1.37. The number of carbonyl (C=O) groups excluding carboxylic acids is 1. The number of aryl methyl sites for hydroxylation is 1. The van der Waals surface area contributed by atoms with Crippen molar-refractivity contribution in [2.45, 2.75) is 25.8 Å². The molecule has 0 saturated carbocycles. The minimum Gasteiger partial charge on any atom is -0.492 e. The molecule has 1 atom stereocenters. The molecule has 28 heavy (non-hydrogen) atoms. The van der Waals surface area contributed by atoms with Crippen molar-refractivity contribution in [3.63, 3.8) is 0 Å². The van der Waals surface area contributed by atoms with Gasteiger partial charge in [0.05, 0.1) is 23.9 Å². The summed E-state index contributed by atoms with van der Waals surface area (Å²) in [4.78, 5) is 19.7. The largest absolute Gasteiger partial charge is 0.492 e. The fourth-order valence-corrected chi connectivity index (χ4v) is 4.92. The molecular formula is C19H21FN4O3S. The van der Waals surface area contributed by atoms with E-state index in [1.807, 2.05) is 0 Å². The first-order valence-corrected chi connectivity index (χ1v) is 9.92. The number of aromatic hydroxyl groups is 1. The number of esters is 1. The molecule has 0 unspecified atom stereocenters. The Labute approximate surface area is 165 Å². The van der Waals surface area contributed by atoms with Crippen LogP contribution in [-0.4, -0.2) is 50.8 Å². The summed E-state index contributed by atoms with van der Waals surface area (Å²) < 4.78 is 19.8. The average Bonchev–Trinajstić information content (AvgIpc) is 3.21. The zero-order valence-corrected chi connectivity index (χ0v) is 16.4. The molecule has 4 rings (SSSR count). The summed E-state index contributed by atoms with van der Waals surface area (Å²) in [6.07, 6.45) is 1.34. The highest BCUT2D eigenvalue weighted by Crippen LogP contribution is 2.41. The van der Waals surface area contributed by atoms with E-state index in [0.717, 1.165) is 5.56 Å². The molecule has 1 fully saturated rings. The van der Waals surface area contributed by atoms with Crippen molar-refractivity contribution in [1.29, 1.82) is 0 Å². The molecule has 1 aromatic carbocycles. The van der Waals surface area contributed by atoms with Crippen molar-refractivity contribution < 1.29 is 19.0 Å². The van der Waals surface area contributed by atoms with E-state index in [2.05, 4.69) is 15.0 Å². The zero-order chi connectivity index (χ0) is 19.8. The number of hydrogen-bond acceptors (Lipinski definition) is 7. The number of aromatic nitrogens is 3. The van der Waals surface area contributed by atoms with E-state index in [9.17, 15) is 14.3 Å². The second kappa shape index (κ2) is 7.48. The van der Waals surface area contributed by atoms with Crippen LogP contribution >= 0.6 is 11.3 Å². The summed E-state index contributed by atoms with van der Waals surface area (Å²) in [5, 5.41) is 15.0. The number of nitrogens with zero attached hydrogens (tertiary/aromatic N) is 4. The van der Waals surface area contributed by atoms with Gasteiger partial charge in [0.25, 0.3) is 0 Å². The van der Waals surface area contributed by atoms with E-state index in [1.165, 1.54) is 35.1 Å². The number of halogens is 1. The van der Waals surface area contributed by atoms with E-state index in [1.54, 1.807) is 19.1 Å². The number of thiazole rings is 1. The lowest BCUT2D eigenvalue weighted by molar-refractivity contribution is -0.147. The van der Waals surface area contributed by atoms with Gasteiger partial charge in [0.15, 0.2) is 0 Å². The van der Waals surface area contributed by atoms with Gasteiger partial charge in [-0.05, 0) is 50.6 Å². The SMILES string of the molecule is COC(=O)C1CCN([C@@H](c2ccc(F)cc2)c2sc3nc(C)nn3c2O)CC1. The van der Waals surface area contributed by atoms with Crippen molar-refractivity contribution in [1.82, 2.24) is 19.5 Å². The molecule has 0 radical (unpaired) electrons. The van der Waals surface area contributed by atoms with Crippen molar-refractivity contribution in [3.8, 4) is 5.88 Å². The number of fused-ring (bicyclic) bond motifs is 1. The van der Waals surface area contributed by atoms with Crippen LogP contribution in [0.15, 0.2) is 24.3 Å². The first kappa shape index (κ1) is 18.8. The monoisotopic (exact) mass is 404 g/mol. The minimum atomic E-state index is -0.311. The molecule has 2 aromatic heterocycles. The predicted octanol–water partition coefficient (Wildman–Crippen LogP) is 2.92. The molecule has 1 aliphatic rings. The molecule has 1 aliphatic heterocycles. The van der Waals surface area contributed by atoms with Gasteiger partial charge in [-0.15, -0.1) is 5.10 Å². The van der Waals surface area contributed by atoms with Crippen LogP contribution in [0.5, 0.6) is 5.88 Å².